The number of carbonyl (C=O) groups excluding carboxylic acids is 2. The Morgan fingerprint density at radius 3 is 2.34 bits per heavy atom. The van der Waals surface area contributed by atoms with Crippen molar-refractivity contribution in [2.45, 2.75) is 37.1 Å². The van der Waals surface area contributed by atoms with Gasteiger partial charge in [0.25, 0.3) is 5.24 Å². The van der Waals surface area contributed by atoms with Crippen molar-refractivity contribution in [3.8, 4) is 28.5 Å². The first-order chi connectivity index (χ1) is 25.5. The number of anilines is 1. The largest absolute Gasteiger partial charge is 0.497 e. The number of carbonyl (C=O) groups is 2. The molecule has 5 aromatic rings. The number of sulfonamides is 1. The number of pyridine rings is 1. The molecular weight excluding hydrogens is 709 g/mol. The smallest absolute Gasteiger partial charge is 0.278 e. The monoisotopic (exact) mass is 750 g/mol. The van der Waals surface area contributed by atoms with E-state index in [0.29, 0.717) is 43.0 Å². The summed E-state index contributed by atoms with van der Waals surface area (Å²) in [6, 6.07) is 31.0. The van der Waals surface area contributed by atoms with Gasteiger partial charge in [-0.25, -0.2) is 18.1 Å². The molecule has 4 aromatic carbocycles. The topological polar surface area (TPSA) is 127 Å². The summed E-state index contributed by atoms with van der Waals surface area (Å²) in [7, 11) is -2.21. The van der Waals surface area contributed by atoms with Gasteiger partial charge in [0.15, 0.2) is 0 Å². The van der Waals surface area contributed by atoms with E-state index in [-0.39, 0.29) is 40.5 Å². The summed E-state index contributed by atoms with van der Waals surface area (Å²) in [6.07, 6.45) is 3.59. The number of para-hydroxylation sites is 1. The van der Waals surface area contributed by atoms with Gasteiger partial charge in [0.05, 0.1) is 23.2 Å². The van der Waals surface area contributed by atoms with Crippen LogP contribution in [0.3, 0.4) is 0 Å². The second kappa shape index (κ2) is 16.7. The van der Waals surface area contributed by atoms with E-state index in [1.807, 2.05) is 72.8 Å². The highest BCUT2D eigenvalue weighted by Crippen LogP contribution is 2.36. The molecule has 0 spiro atoms. The minimum atomic E-state index is -3.83. The first kappa shape index (κ1) is 37.6. The minimum absolute atomic E-state index is 0.0468. The molecule has 1 aromatic heterocycles. The molecule has 53 heavy (non-hydrogen) atoms. The van der Waals surface area contributed by atoms with Crippen LogP contribution in [0.4, 0.5) is 10.5 Å². The molecule has 3 unspecified atom stereocenters. The van der Waals surface area contributed by atoms with Crippen molar-refractivity contribution in [1.82, 2.24) is 14.6 Å². The van der Waals surface area contributed by atoms with E-state index in [9.17, 15) is 18.0 Å². The Morgan fingerprint density at radius 1 is 0.981 bits per heavy atom. The molecule has 1 fully saturated rings. The van der Waals surface area contributed by atoms with Crippen LogP contribution in [-0.4, -0.2) is 55.7 Å². The maximum absolute atomic E-state index is 13.2. The van der Waals surface area contributed by atoms with Gasteiger partial charge >= 0.3 is 0 Å². The Kier molecular flexibility index (Phi) is 11.8. The van der Waals surface area contributed by atoms with Crippen LogP contribution in [-0.2, 0) is 21.2 Å². The van der Waals surface area contributed by atoms with E-state index in [0.717, 1.165) is 33.5 Å². The Bertz CT molecular complexity index is 2200. The summed E-state index contributed by atoms with van der Waals surface area (Å²) >= 11 is 4.25. The zero-order chi connectivity index (χ0) is 37.5. The summed E-state index contributed by atoms with van der Waals surface area (Å²) in [6.45, 7) is 6.05. The SMILES string of the molecule is C=CC(CNS(=O)(=O)c1ccc(NC(C)=O)cc1)C1CCN(C(=O)S)C(Cc2cc(-c3ccc(Oc4ccccc4)cc3)nc3ccc(OC)cc23)C1. The second-order valence-electron chi connectivity index (χ2n) is 13.1. The fourth-order valence-corrected chi connectivity index (χ4v) is 8.20. The Labute approximate surface area is 315 Å². The Balaban J connectivity index is 1.23. The Hall–Kier alpha value is -5.17. The lowest BCUT2D eigenvalue weighted by Gasteiger charge is -2.41. The minimum Gasteiger partial charge on any atom is -0.497 e. The van der Waals surface area contributed by atoms with Gasteiger partial charge < -0.3 is 19.7 Å². The third kappa shape index (κ3) is 9.26. The van der Waals surface area contributed by atoms with Crippen molar-refractivity contribution in [2.24, 2.45) is 11.8 Å². The van der Waals surface area contributed by atoms with Gasteiger partial charge in [-0.05, 0) is 122 Å². The van der Waals surface area contributed by atoms with Crippen molar-refractivity contribution >= 4 is 50.4 Å². The lowest BCUT2D eigenvalue weighted by molar-refractivity contribution is -0.114. The van der Waals surface area contributed by atoms with Crippen molar-refractivity contribution in [3.05, 3.63) is 121 Å². The fourth-order valence-electron chi connectivity index (χ4n) is 6.86. The van der Waals surface area contributed by atoms with Crippen molar-refractivity contribution < 1.29 is 27.5 Å². The average Bonchev–Trinajstić information content (AvgIpc) is 3.15. The standard InChI is InChI=1S/C41H42N4O6S2/c1-4-28(26-42-53(48,49)37-17-12-32(13-18-37)43-27(2)46)30-20-21-45(41(47)52)33(22-30)23-31-24-40(44-39-19-16-36(50-3)25-38(31)39)29-10-14-35(15-11-29)51-34-8-6-5-7-9-34/h4-19,24-25,28,30,33,42H,1,20-23,26H2,2-3H3,(H,43,46)(H,47,52). The number of benzene rings is 4. The molecule has 0 bridgehead atoms. The highest BCUT2D eigenvalue weighted by atomic mass is 32.2. The quantitative estimate of drug-likeness (QED) is 0.0820. The van der Waals surface area contributed by atoms with Gasteiger partial charge in [-0.15, -0.1) is 6.58 Å². The molecule has 6 rings (SSSR count). The average molecular weight is 751 g/mol. The summed E-state index contributed by atoms with van der Waals surface area (Å²) in [5.74, 6) is 1.77. The molecular formula is C41H42N4O6S2. The molecule has 2 amide bonds. The van der Waals surface area contributed by atoms with Crippen LogP contribution in [0.2, 0.25) is 0 Å². The number of ether oxygens (including phenoxy) is 2. The molecule has 2 N–H and O–H groups in total. The van der Waals surface area contributed by atoms with Crippen molar-refractivity contribution in [3.63, 3.8) is 0 Å². The summed E-state index contributed by atoms with van der Waals surface area (Å²) in [5, 5.41) is 3.25. The van der Waals surface area contributed by atoms with Crippen molar-refractivity contribution in [1.29, 1.82) is 0 Å². The van der Waals surface area contributed by atoms with Gasteiger partial charge in [0.2, 0.25) is 15.9 Å². The van der Waals surface area contributed by atoms with E-state index in [1.165, 1.54) is 19.1 Å². The lowest BCUT2D eigenvalue weighted by Crippen LogP contribution is -2.47. The third-order valence-corrected chi connectivity index (χ3v) is 11.3. The molecule has 1 saturated heterocycles. The normalized spacial score (nSPS) is 16.5. The van der Waals surface area contributed by atoms with Crippen molar-refractivity contribution in [2.75, 3.05) is 25.5 Å². The maximum Gasteiger partial charge on any atom is 0.278 e. The number of aromatic nitrogens is 1. The molecule has 3 atom stereocenters. The van der Waals surface area contributed by atoms with E-state index in [1.54, 1.807) is 30.2 Å². The molecule has 1 aliphatic rings. The van der Waals surface area contributed by atoms with Gasteiger partial charge in [-0.1, -0.05) is 36.9 Å². The Morgan fingerprint density at radius 2 is 1.68 bits per heavy atom. The number of thiol groups is 1. The van der Waals surface area contributed by atoms with Crippen LogP contribution in [0.15, 0.2) is 121 Å². The lowest BCUT2D eigenvalue weighted by atomic mass is 9.79. The molecule has 274 valence electrons. The zero-order valence-electron chi connectivity index (χ0n) is 29.6. The van der Waals surface area contributed by atoms with E-state index < -0.39 is 10.0 Å². The first-order valence-electron chi connectivity index (χ1n) is 17.3. The summed E-state index contributed by atoms with van der Waals surface area (Å²) in [5.41, 5.74) is 4.00. The highest BCUT2D eigenvalue weighted by molar-refractivity contribution is 7.96. The predicted molar refractivity (Wildman–Crippen MR) is 211 cm³/mol. The number of piperidine rings is 1. The number of methoxy groups -OCH3 is 1. The number of rotatable bonds is 13. The molecule has 10 nitrogen and oxygen atoms in total. The number of nitrogens with one attached hydrogen (secondary N) is 2. The molecule has 0 aliphatic carbocycles. The molecule has 0 saturated carbocycles. The van der Waals surface area contributed by atoms with E-state index in [4.69, 9.17) is 14.5 Å². The number of hydrogen-bond donors (Lipinski definition) is 3. The number of fused-ring (bicyclic) bond motifs is 1. The first-order valence-corrected chi connectivity index (χ1v) is 19.3. The zero-order valence-corrected chi connectivity index (χ0v) is 31.3. The molecule has 12 heteroatoms. The van der Waals surface area contributed by atoms with Crippen LogP contribution < -0.4 is 19.5 Å². The van der Waals surface area contributed by atoms with E-state index in [2.05, 4.69) is 35.3 Å². The number of nitrogens with zero attached hydrogens (tertiary/aromatic N) is 2. The van der Waals surface area contributed by atoms with Crippen LogP contribution in [0.5, 0.6) is 17.2 Å². The highest BCUT2D eigenvalue weighted by Gasteiger charge is 2.34. The number of likely N-dealkylation sites (tertiary alicyclic amines) is 1. The number of hydrogen-bond acceptors (Lipinski definition) is 7. The van der Waals surface area contributed by atoms with Gasteiger partial charge in [-0.3, -0.25) is 9.59 Å². The second-order valence-corrected chi connectivity index (χ2v) is 15.2. The van der Waals surface area contributed by atoms with Gasteiger partial charge in [0.1, 0.15) is 17.2 Å². The summed E-state index contributed by atoms with van der Waals surface area (Å²) < 4.78 is 40.8. The van der Waals surface area contributed by atoms with Crippen LogP contribution in [0.1, 0.15) is 25.3 Å². The van der Waals surface area contributed by atoms with Crippen LogP contribution in [0, 0.1) is 11.8 Å². The molecule has 2 heterocycles. The third-order valence-electron chi connectivity index (χ3n) is 9.59. The van der Waals surface area contributed by atoms with Gasteiger partial charge in [0, 0.05) is 42.7 Å². The van der Waals surface area contributed by atoms with Crippen LogP contribution in [0.25, 0.3) is 22.2 Å². The van der Waals surface area contributed by atoms with Gasteiger partial charge in [-0.2, -0.15) is 0 Å². The van der Waals surface area contributed by atoms with Crippen LogP contribution >= 0.6 is 12.6 Å². The molecule has 0 radical (unpaired) electrons. The maximum atomic E-state index is 13.2. The van der Waals surface area contributed by atoms with E-state index >= 15 is 0 Å². The molecule has 1 aliphatic heterocycles. The fraction of sp³-hybridized carbons (Fsp3) is 0.244. The number of amides is 2. The predicted octanol–water partition coefficient (Wildman–Crippen LogP) is 8.11. The summed E-state index contributed by atoms with van der Waals surface area (Å²) in [4.78, 5) is 31.1.